The second-order valence-electron chi connectivity index (χ2n) is 7.64. The average Bonchev–Trinajstić information content (AvgIpc) is 2.92. The van der Waals surface area contributed by atoms with Crippen molar-refractivity contribution in [3.05, 3.63) is 23.7 Å². The Morgan fingerprint density at radius 2 is 1.90 bits per heavy atom. The number of nitrogens with two attached hydrogens (primary N) is 1. The predicted molar refractivity (Wildman–Crippen MR) is 81.8 cm³/mol. The number of hydrogen-bond donors (Lipinski definition) is 1. The molecule has 0 spiro atoms. The van der Waals surface area contributed by atoms with Gasteiger partial charge in [0.25, 0.3) is 0 Å². The van der Waals surface area contributed by atoms with Gasteiger partial charge in [0.2, 0.25) is 5.91 Å². The molecule has 4 heteroatoms. The molecule has 4 unspecified atom stereocenters. The van der Waals surface area contributed by atoms with Crippen molar-refractivity contribution < 1.29 is 9.21 Å². The molecular weight excluding hydrogens is 264 g/mol. The van der Waals surface area contributed by atoms with E-state index >= 15 is 0 Å². The summed E-state index contributed by atoms with van der Waals surface area (Å²) in [4.78, 5) is 14.3. The van der Waals surface area contributed by atoms with Crippen molar-refractivity contribution in [3.8, 4) is 0 Å². The van der Waals surface area contributed by atoms with Crippen LogP contribution in [0.15, 0.2) is 16.5 Å². The van der Waals surface area contributed by atoms with E-state index < -0.39 is 0 Å². The predicted octanol–water partition coefficient (Wildman–Crippen LogP) is 3.19. The summed E-state index contributed by atoms with van der Waals surface area (Å²) in [7, 11) is 0. The van der Waals surface area contributed by atoms with E-state index in [1.165, 1.54) is 6.42 Å². The van der Waals surface area contributed by atoms with Gasteiger partial charge in [0.05, 0.1) is 0 Å². The number of rotatable bonds is 2. The van der Waals surface area contributed by atoms with Gasteiger partial charge in [0.15, 0.2) is 0 Å². The second-order valence-corrected chi connectivity index (χ2v) is 7.64. The first-order valence-electron chi connectivity index (χ1n) is 7.96. The van der Waals surface area contributed by atoms with Crippen molar-refractivity contribution >= 4 is 5.91 Å². The van der Waals surface area contributed by atoms with Crippen LogP contribution in [0, 0.1) is 5.92 Å². The third kappa shape index (κ3) is 2.61. The van der Waals surface area contributed by atoms with Crippen LogP contribution in [0.25, 0.3) is 0 Å². The van der Waals surface area contributed by atoms with Crippen molar-refractivity contribution in [2.24, 2.45) is 11.7 Å². The molecule has 2 heterocycles. The van der Waals surface area contributed by atoms with E-state index in [9.17, 15) is 4.79 Å². The highest BCUT2D eigenvalue weighted by molar-refractivity contribution is 5.78. The first-order valence-corrected chi connectivity index (χ1v) is 7.96. The maximum absolute atomic E-state index is 12.4. The summed E-state index contributed by atoms with van der Waals surface area (Å²) >= 11 is 0. The number of carbonyl (C=O) groups excluding carboxylic acids is 1. The summed E-state index contributed by atoms with van der Waals surface area (Å²) in [5.41, 5.74) is 6.08. The molecule has 1 saturated carbocycles. The van der Waals surface area contributed by atoms with Gasteiger partial charge in [0, 0.05) is 23.9 Å². The van der Waals surface area contributed by atoms with Gasteiger partial charge in [-0.05, 0) is 51.7 Å². The number of amides is 1. The average molecular weight is 290 g/mol. The van der Waals surface area contributed by atoms with Gasteiger partial charge in [-0.1, -0.05) is 6.92 Å². The van der Waals surface area contributed by atoms with Gasteiger partial charge < -0.3 is 15.1 Å². The lowest BCUT2D eigenvalue weighted by molar-refractivity contribution is -0.144. The molecule has 1 aromatic rings. The molecule has 2 N–H and O–H groups in total. The van der Waals surface area contributed by atoms with Crippen LogP contribution in [0.3, 0.4) is 0 Å². The molecule has 1 aliphatic heterocycles. The zero-order valence-electron chi connectivity index (χ0n) is 13.4. The Hall–Kier alpha value is -1.29. The standard InChI is InChI=1S/C17H26N2O2/c1-10-9-11(10)13-6-7-14(21-13)16-12(18)5-8-15(20)19(16)17(2,3)4/h6-7,10-12,16H,5,8-9,18H2,1-4H3. The Morgan fingerprint density at radius 3 is 2.48 bits per heavy atom. The lowest BCUT2D eigenvalue weighted by Gasteiger charge is -2.46. The summed E-state index contributed by atoms with van der Waals surface area (Å²) in [6.07, 6.45) is 2.46. The molecule has 4 nitrogen and oxygen atoms in total. The number of nitrogens with zero attached hydrogens (tertiary/aromatic N) is 1. The molecule has 0 radical (unpaired) electrons. The minimum atomic E-state index is -0.250. The number of carbonyl (C=O) groups is 1. The lowest BCUT2D eigenvalue weighted by Crippen LogP contribution is -2.56. The Bertz CT molecular complexity index is 543. The van der Waals surface area contributed by atoms with E-state index in [1.807, 2.05) is 11.0 Å². The van der Waals surface area contributed by atoms with Gasteiger partial charge in [0.1, 0.15) is 17.6 Å². The minimum Gasteiger partial charge on any atom is -0.464 e. The molecule has 1 aromatic heterocycles. The molecule has 116 valence electrons. The fourth-order valence-electron chi connectivity index (χ4n) is 3.49. The molecule has 0 bridgehead atoms. The molecule has 3 rings (SSSR count). The van der Waals surface area contributed by atoms with Crippen LogP contribution in [0.1, 0.15) is 70.4 Å². The van der Waals surface area contributed by atoms with E-state index in [0.29, 0.717) is 18.3 Å². The molecule has 1 aliphatic carbocycles. The van der Waals surface area contributed by atoms with Crippen molar-refractivity contribution in [2.45, 2.75) is 70.5 Å². The van der Waals surface area contributed by atoms with E-state index in [0.717, 1.165) is 17.9 Å². The third-order valence-corrected chi connectivity index (χ3v) is 4.78. The highest BCUT2D eigenvalue weighted by atomic mass is 16.3. The first-order chi connectivity index (χ1) is 9.79. The molecule has 21 heavy (non-hydrogen) atoms. The molecule has 0 aromatic carbocycles. The zero-order chi connectivity index (χ0) is 15.4. The summed E-state index contributed by atoms with van der Waals surface area (Å²) in [5, 5.41) is 0. The Balaban J connectivity index is 1.92. The van der Waals surface area contributed by atoms with Gasteiger partial charge in [-0.3, -0.25) is 4.79 Å². The third-order valence-electron chi connectivity index (χ3n) is 4.78. The molecular formula is C17H26N2O2. The fourth-order valence-corrected chi connectivity index (χ4v) is 3.49. The molecule has 2 aliphatic rings. The van der Waals surface area contributed by atoms with Crippen LogP contribution in [0.5, 0.6) is 0 Å². The van der Waals surface area contributed by atoms with Gasteiger partial charge in [-0.2, -0.15) is 0 Å². The second kappa shape index (κ2) is 4.87. The molecule has 1 saturated heterocycles. The van der Waals surface area contributed by atoms with E-state index in [2.05, 4.69) is 33.8 Å². The molecule has 2 fully saturated rings. The van der Waals surface area contributed by atoms with Crippen LogP contribution in [0.4, 0.5) is 0 Å². The van der Waals surface area contributed by atoms with E-state index in [-0.39, 0.29) is 23.5 Å². The summed E-state index contributed by atoms with van der Waals surface area (Å²) in [5.74, 6) is 3.34. The number of hydrogen-bond acceptors (Lipinski definition) is 3. The van der Waals surface area contributed by atoms with Gasteiger partial charge in [-0.15, -0.1) is 0 Å². The van der Waals surface area contributed by atoms with E-state index in [1.54, 1.807) is 0 Å². The van der Waals surface area contributed by atoms with Crippen LogP contribution in [0.2, 0.25) is 0 Å². The van der Waals surface area contributed by atoms with Crippen LogP contribution in [-0.4, -0.2) is 22.4 Å². The molecule has 1 amide bonds. The van der Waals surface area contributed by atoms with Crippen molar-refractivity contribution in [1.29, 1.82) is 0 Å². The highest BCUT2D eigenvalue weighted by Gasteiger charge is 2.43. The topological polar surface area (TPSA) is 59.5 Å². The van der Waals surface area contributed by atoms with Gasteiger partial charge >= 0.3 is 0 Å². The van der Waals surface area contributed by atoms with Crippen LogP contribution >= 0.6 is 0 Å². The first kappa shape index (κ1) is 14.6. The van der Waals surface area contributed by atoms with E-state index in [4.69, 9.17) is 10.2 Å². The van der Waals surface area contributed by atoms with Gasteiger partial charge in [-0.25, -0.2) is 0 Å². The highest BCUT2D eigenvalue weighted by Crippen LogP contribution is 2.48. The lowest BCUT2D eigenvalue weighted by atomic mass is 9.89. The Morgan fingerprint density at radius 1 is 1.29 bits per heavy atom. The SMILES string of the molecule is CC1CC1c1ccc(C2C(N)CCC(=O)N2C(C)(C)C)o1. The largest absolute Gasteiger partial charge is 0.464 e. The number of likely N-dealkylation sites (tertiary alicyclic amines) is 1. The smallest absolute Gasteiger partial charge is 0.223 e. The monoisotopic (exact) mass is 290 g/mol. The quantitative estimate of drug-likeness (QED) is 0.910. The van der Waals surface area contributed by atoms with Crippen molar-refractivity contribution in [3.63, 3.8) is 0 Å². The maximum Gasteiger partial charge on any atom is 0.223 e. The number of furan rings is 1. The Labute approximate surface area is 126 Å². The summed E-state index contributed by atoms with van der Waals surface area (Å²) in [6, 6.07) is 3.88. The van der Waals surface area contributed by atoms with Crippen molar-refractivity contribution in [1.82, 2.24) is 4.90 Å². The normalized spacial score (nSPS) is 33.4. The zero-order valence-corrected chi connectivity index (χ0v) is 13.4. The summed E-state index contributed by atoms with van der Waals surface area (Å²) < 4.78 is 6.09. The minimum absolute atomic E-state index is 0.0578. The summed E-state index contributed by atoms with van der Waals surface area (Å²) in [6.45, 7) is 8.42. The van der Waals surface area contributed by atoms with Crippen molar-refractivity contribution in [2.75, 3.05) is 0 Å². The number of piperidine rings is 1. The fraction of sp³-hybridized carbons (Fsp3) is 0.706. The maximum atomic E-state index is 12.4. The van der Waals surface area contributed by atoms with Crippen LogP contribution < -0.4 is 5.73 Å². The van der Waals surface area contributed by atoms with Crippen LogP contribution in [-0.2, 0) is 4.79 Å². The molecule has 4 atom stereocenters. The Kier molecular flexibility index (Phi) is 3.40.